The Kier molecular flexibility index (Phi) is 9.79. The summed E-state index contributed by atoms with van der Waals surface area (Å²) in [7, 11) is -2.28. The lowest BCUT2D eigenvalue weighted by atomic mass is 9.79. The Morgan fingerprint density at radius 3 is 1.33 bits per heavy atom. The van der Waals surface area contributed by atoms with E-state index in [-0.39, 0.29) is 27.8 Å². The molecule has 0 amide bonds. The van der Waals surface area contributed by atoms with Gasteiger partial charge in [-0.05, 0) is 71.5 Å². The van der Waals surface area contributed by atoms with Gasteiger partial charge in [0.05, 0.1) is 5.69 Å². The lowest BCUT2D eigenvalue weighted by Crippen LogP contribution is -3.00. The highest BCUT2D eigenvalue weighted by Gasteiger charge is 2.48. The number of benzene rings is 5. The van der Waals surface area contributed by atoms with Crippen molar-refractivity contribution < 1.29 is 22.1 Å². The van der Waals surface area contributed by atoms with Crippen LogP contribution in [0.2, 0.25) is 0 Å². The van der Waals surface area contributed by atoms with E-state index in [2.05, 4.69) is 157 Å². The number of aliphatic imine (C=N–C) groups is 1. The molecule has 0 saturated carbocycles. The van der Waals surface area contributed by atoms with Gasteiger partial charge in [0.2, 0.25) is 0 Å². The van der Waals surface area contributed by atoms with E-state index in [0.29, 0.717) is 5.75 Å². The zero-order valence-electron chi connectivity index (χ0n) is 25.9. The number of phenols is 1. The summed E-state index contributed by atoms with van der Waals surface area (Å²) in [5.41, 5.74) is 3.32. The molecule has 5 aromatic carbocycles. The van der Waals surface area contributed by atoms with Crippen molar-refractivity contribution in [2.24, 2.45) is 4.99 Å². The second kappa shape index (κ2) is 13.0. The van der Waals surface area contributed by atoms with Gasteiger partial charge < -0.3 is 22.1 Å². The van der Waals surface area contributed by atoms with Crippen LogP contribution >= 0.6 is 7.26 Å². The molecule has 5 rings (SSSR count). The van der Waals surface area contributed by atoms with Crippen LogP contribution in [0, 0.1) is 0 Å². The standard InChI is InChI=1S/C39H40NOP.BrH/c1-38(2,3)34-26-30(27-35(37(34)41)39(4,5)6)40-28-29-18-16-17-25-36(29)42(31-19-10-7-11-20-31,32-21-12-8-13-22-32)33-23-14-9-15-24-33;/h7-28H,1-6H3;1H. The summed E-state index contributed by atoms with van der Waals surface area (Å²) in [5, 5.41) is 16.4. The van der Waals surface area contributed by atoms with E-state index in [4.69, 9.17) is 4.99 Å². The molecule has 0 bridgehead atoms. The first-order chi connectivity index (χ1) is 20.0. The normalized spacial score (nSPS) is 12.2. The van der Waals surface area contributed by atoms with Crippen LogP contribution in [-0.4, -0.2) is 11.3 Å². The van der Waals surface area contributed by atoms with Crippen molar-refractivity contribution in [1.82, 2.24) is 0 Å². The molecule has 1 N–H and O–H groups in total. The van der Waals surface area contributed by atoms with Crippen molar-refractivity contribution in [3.63, 3.8) is 0 Å². The largest absolute Gasteiger partial charge is 1.00 e. The van der Waals surface area contributed by atoms with Crippen molar-refractivity contribution in [1.29, 1.82) is 0 Å². The molecule has 220 valence electrons. The zero-order valence-corrected chi connectivity index (χ0v) is 28.4. The Bertz CT molecular complexity index is 1550. The molecule has 0 aromatic heterocycles. The van der Waals surface area contributed by atoms with Gasteiger partial charge in [-0.3, -0.25) is 4.99 Å². The van der Waals surface area contributed by atoms with Crippen LogP contribution in [0.3, 0.4) is 0 Å². The Hall–Kier alpha value is -3.52. The number of nitrogens with zero attached hydrogens (tertiary/aromatic N) is 1. The summed E-state index contributed by atoms with van der Waals surface area (Å²) in [4.78, 5) is 5.10. The summed E-state index contributed by atoms with van der Waals surface area (Å²) in [5.74, 6) is 0.372. The molecule has 0 aliphatic carbocycles. The van der Waals surface area contributed by atoms with Crippen LogP contribution in [0.4, 0.5) is 5.69 Å². The third-order valence-corrected chi connectivity index (χ3v) is 12.1. The van der Waals surface area contributed by atoms with E-state index in [1.54, 1.807) is 0 Å². The number of phenolic OH excluding ortho intramolecular Hbond substituents is 1. The number of hydrogen-bond donors (Lipinski definition) is 1. The van der Waals surface area contributed by atoms with Gasteiger partial charge in [0, 0.05) is 22.9 Å². The fourth-order valence-corrected chi connectivity index (χ4v) is 10.1. The first-order valence-electron chi connectivity index (χ1n) is 14.6. The summed E-state index contributed by atoms with van der Waals surface area (Å²) in [6.07, 6.45) is 2.02. The van der Waals surface area contributed by atoms with Gasteiger partial charge in [-0.1, -0.05) is 108 Å². The quantitative estimate of drug-likeness (QED) is 0.195. The lowest BCUT2D eigenvalue weighted by Gasteiger charge is -2.28. The van der Waals surface area contributed by atoms with Crippen molar-refractivity contribution in [3.8, 4) is 5.75 Å². The molecule has 0 aliphatic rings. The molecule has 0 saturated heterocycles. The van der Waals surface area contributed by atoms with Crippen molar-refractivity contribution in [2.45, 2.75) is 52.4 Å². The molecule has 0 atom stereocenters. The van der Waals surface area contributed by atoms with Gasteiger partial charge in [-0.2, -0.15) is 0 Å². The highest BCUT2D eigenvalue weighted by atomic mass is 79.9. The molecular formula is C39H41BrNOP. The van der Waals surface area contributed by atoms with Crippen molar-refractivity contribution in [2.75, 3.05) is 0 Å². The minimum absolute atomic E-state index is 0. The van der Waals surface area contributed by atoms with Gasteiger partial charge in [-0.15, -0.1) is 0 Å². The molecule has 2 nitrogen and oxygen atoms in total. The van der Waals surface area contributed by atoms with Crippen LogP contribution in [-0.2, 0) is 10.8 Å². The Morgan fingerprint density at radius 2 is 0.930 bits per heavy atom. The molecule has 0 aliphatic heterocycles. The average molecular weight is 651 g/mol. The fourth-order valence-electron chi connectivity index (χ4n) is 5.70. The maximum atomic E-state index is 11.3. The molecular weight excluding hydrogens is 609 g/mol. The minimum Gasteiger partial charge on any atom is -1.00 e. The third-order valence-electron chi connectivity index (χ3n) is 7.79. The first kappa shape index (κ1) is 32.4. The van der Waals surface area contributed by atoms with Crippen molar-refractivity contribution >= 4 is 40.4 Å². The van der Waals surface area contributed by atoms with E-state index >= 15 is 0 Å². The van der Waals surface area contributed by atoms with E-state index in [9.17, 15) is 5.11 Å². The van der Waals surface area contributed by atoms with E-state index in [1.807, 2.05) is 18.3 Å². The molecule has 0 fully saturated rings. The second-order valence-corrected chi connectivity index (χ2v) is 16.3. The number of aromatic hydroxyl groups is 1. The van der Waals surface area contributed by atoms with Gasteiger partial charge in [0.15, 0.2) is 0 Å². The molecule has 4 heteroatoms. The van der Waals surface area contributed by atoms with Gasteiger partial charge in [0.25, 0.3) is 0 Å². The minimum atomic E-state index is -2.28. The molecule has 0 unspecified atom stereocenters. The maximum absolute atomic E-state index is 11.3. The highest BCUT2D eigenvalue weighted by molar-refractivity contribution is 8.01. The Balaban J connectivity index is 0.00000423. The predicted molar refractivity (Wildman–Crippen MR) is 184 cm³/mol. The van der Waals surface area contributed by atoms with Gasteiger partial charge in [-0.25, -0.2) is 0 Å². The lowest BCUT2D eigenvalue weighted by molar-refractivity contribution is -0.0000103. The Labute approximate surface area is 268 Å². The van der Waals surface area contributed by atoms with Gasteiger partial charge in [0.1, 0.15) is 34.2 Å². The zero-order chi connectivity index (χ0) is 30.0. The maximum Gasteiger partial charge on any atom is 0.145 e. The first-order valence-corrected chi connectivity index (χ1v) is 16.4. The number of halogens is 1. The van der Waals surface area contributed by atoms with Crippen LogP contribution < -0.4 is 38.2 Å². The Morgan fingerprint density at radius 1 is 0.558 bits per heavy atom. The fraction of sp³-hybridized carbons (Fsp3) is 0.205. The average Bonchev–Trinajstić information content (AvgIpc) is 2.98. The van der Waals surface area contributed by atoms with Crippen LogP contribution in [0.15, 0.2) is 132 Å². The predicted octanol–water partition coefficient (Wildman–Crippen LogP) is 5.36. The van der Waals surface area contributed by atoms with Crippen LogP contribution in [0.5, 0.6) is 5.75 Å². The molecule has 5 aromatic rings. The second-order valence-electron chi connectivity index (χ2n) is 12.9. The topological polar surface area (TPSA) is 32.6 Å². The van der Waals surface area contributed by atoms with E-state index in [0.717, 1.165) is 22.4 Å². The summed E-state index contributed by atoms with van der Waals surface area (Å²) >= 11 is 0. The summed E-state index contributed by atoms with van der Waals surface area (Å²) < 4.78 is 0. The van der Waals surface area contributed by atoms with E-state index in [1.165, 1.54) is 21.2 Å². The van der Waals surface area contributed by atoms with Crippen LogP contribution in [0.1, 0.15) is 58.2 Å². The monoisotopic (exact) mass is 649 g/mol. The number of rotatable bonds is 6. The highest BCUT2D eigenvalue weighted by Crippen LogP contribution is 2.54. The molecule has 43 heavy (non-hydrogen) atoms. The molecule has 0 spiro atoms. The smallest absolute Gasteiger partial charge is 0.145 e. The third kappa shape index (κ3) is 6.54. The number of hydrogen-bond acceptors (Lipinski definition) is 2. The summed E-state index contributed by atoms with van der Waals surface area (Å²) in [6, 6.07) is 45.5. The van der Waals surface area contributed by atoms with E-state index < -0.39 is 7.26 Å². The van der Waals surface area contributed by atoms with Crippen molar-refractivity contribution in [3.05, 3.63) is 144 Å². The molecule has 0 heterocycles. The van der Waals surface area contributed by atoms with Crippen LogP contribution in [0.25, 0.3) is 0 Å². The van der Waals surface area contributed by atoms with Gasteiger partial charge >= 0.3 is 0 Å². The SMILES string of the molecule is CC(C)(C)c1cc(N=Cc2ccccc2[P+](c2ccccc2)(c2ccccc2)c2ccccc2)cc(C(C)(C)C)c1O.[Br-]. The molecule has 0 radical (unpaired) electrons. The summed E-state index contributed by atoms with van der Waals surface area (Å²) in [6.45, 7) is 12.8.